The van der Waals surface area contributed by atoms with Gasteiger partial charge in [0, 0.05) is 42.0 Å². The monoisotopic (exact) mass is 366 g/mol. The highest BCUT2D eigenvalue weighted by molar-refractivity contribution is 6.30. The molecule has 130 valence electrons. The molecule has 3 rings (SSSR count). The highest BCUT2D eigenvalue weighted by atomic mass is 35.5. The summed E-state index contributed by atoms with van der Waals surface area (Å²) in [7, 11) is 0. The lowest BCUT2D eigenvalue weighted by Gasteiger charge is -2.08. The van der Waals surface area contributed by atoms with Crippen LogP contribution in [0.25, 0.3) is 0 Å². The third-order valence-corrected chi connectivity index (χ3v) is 3.79. The van der Waals surface area contributed by atoms with E-state index in [0.717, 1.165) is 5.56 Å². The van der Waals surface area contributed by atoms with Crippen LogP contribution in [0.5, 0.6) is 0 Å². The minimum Gasteiger partial charge on any atom is -0.348 e. The second-order valence-corrected chi connectivity index (χ2v) is 5.90. The van der Waals surface area contributed by atoms with Gasteiger partial charge in [0.1, 0.15) is 0 Å². The highest BCUT2D eigenvalue weighted by Crippen LogP contribution is 2.14. The zero-order chi connectivity index (χ0) is 18.4. The molecule has 0 bridgehead atoms. The van der Waals surface area contributed by atoms with Crippen molar-refractivity contribution in [3.05, 3.63) is 89.0 Å². The van der Waals surface area contributed by atoms with Crippen molar-refractivity contribution in [1.82, 2.24) is 15.3 Å². The lowest BCUT2D eigenvalue weighted by molar-refractivity contribution is 0.0950. The molecule has 26 heavy (non-hydrogen) atoms. The van der Waals surface area contributed by atoms with Gasteiger partial charge in [-0.25, -0.2) is 0 Å². The third-order valence-electron chi connectivity index (χ3n) is 3.54. The second-order valence-electron chi connectivity index (χ2n) is 5.47. The lowest BCUT2D eigenvalue weighted by Crippen LogP contribution is -2.23. The van der Waals surface area contributed by atoms with Crippen LogP contribution >= 0.6 is 11.6 Å². The van der Waals surface area contributed by atoms with E-state index in [1.807, 2.05) is 6.07 Å². The average Bonchev–Trinajstić information content (AvgIpc) is 2.69. The summed E-state index contributed by atoms with van der Waals surface area (Å²) in [6, 6.07) is 11.9. The number of nitrogens with one attached hydrogen (secondary N) is 2. The van der Waals surface area contributed by atoms with Crippen molar-refractivity contribution in [1.29, 1.82) is 0 Å². The second kappa shape index (κ2) is 8.22. The topological polar surface area (TPSA) is 84.0 Å². The molecule has 2 N–H and O–H groups in total. The molecule has 0 fully saturated rings. The first-order valence-corrected chi connectivity index (χ1v) is 8.19. The zero-order valence-electron chi connectivity index (χ0n) is 13.6. The number of carbonyl (C=O) groups excluding carboxylic acids is 2. The molecule has 0 atom stereocenters. The molecule has 2 heterocycles. The Balaban J connectivity index is 1.66. The predicted molar refractivity (Wildman–Crippen MR) is 99.0 cm³/mol. The summed E-state index contributed by atoms with van der Waals surface area (Å²) in [4.78, 5) is 32.6. The van der Waals surface area contributed by atoms with Crippen molar-refractivity contribution in [3.63, 3.8) is 0 Å². The van der Waals surface area contributed by atoms with Crippen molar-refractivity contribution in [3.8, 4) is 0 Å². The molecule has 0 aliphatic heterocycles. The van der Waals surface area contributed by atoms with Crippen LogP contribution in [0.3, 0.4) is 0 Å². The van der Waals surface area contributed by atoms with E-state index in [-0.39, 0.29) is 17.4 Å². The number of halogens is 1. The molecule has 6 nitrogen and oxygen atoms in total. The van der Waals surface area contributed by atoms with E-state index in [1.54, 1.807) is 42.7 Å². The van der Waals surface area contributed by atoms with Gasteiger partial charge in [-0.3, -0.25) is 19.6 Å². The van der Waals surface area contributed by atoms with Crippen LogP contribution < -0.4 is 10.6 Å². The number of hydrogen-bond acceptors (Lipinski definition) is 4. The van der Waals surface area contributed by atoms with E-state index in [1.165, 1.54) is 18.5 Å². The van der Waals surface area contributed by atoms with Gasteiger partial charge >= 0.3 is 0 Å². The maximum Gasteiger partial charge on any atom is 0.257 e. The molecule has 0 aliphatic carbocycles. The van der Waals surface area contributed by atoms with Gasteiger partial charge in [0.2, 0.25) is 0 Å². The normalized spacial score (nSPS) is 10.2. The molecule has 3 aromatic rings. The van der Waals surface area contributed by atoms with Gasteiger partial charge in [0.05, 0.1) is 11.1 Å². The number of nitrogens with zero attached hydrogens (tertiary/aromatic N) is 2. The number of rotatable bonds is 5. The SMILES string of the molecule is O=C(NCc1cccnc1)c1cncc(C(=O)Nc2ccc(Cl)cc2)c1. The van der Waals surface area contributed by atoms with E-state index in [2.05, 4.69) is 20.6 Å². The van der Waals surface area contributed by atoms with Crippen molar-refractivity contribution in [2.75, 3.05) is 5.32 Å². The number of aromatic nitrogens is 2. The van der Waals surface area contributed by atoms with E-state index in [0.29, 0.717) is 22.8 Å². The summed E-state index contributed by atoms with van der Waals surface area (Å²) in [5.74, 6) is -0.677. The summed E-state index contributed by atoms with van der Waals surface area (Å²) in [6.07, 6.45) is 6.16. The predicted octanol–water partition coefficient (Wildman–Crippen LogP) is 3.31. The largest absolute Gasteiger partial charge is 0.348 e. The quantitative estimate of drug-likeness (QED) is 0.725. The Morgan fingerprint density at radius 2 is 1.65 bits per heavy atom. The number of anilines is 1. The van der Waals surface area contributed by atoms with Crippen LogP contribution in [0.15, 0.2) is 67.3 Å². The number of pyridine rings is 2. The lowest BCUT2D eigenvalue weighted by atomic mass is 10.1. The maximum absolute atomic E-state index is 12.3. The molecule has 2 amide bonds. The third kappa shape index (κ3) is 4.64. The summed E-state index contributed by atoms with van der Waals surface area (Å²) >= 11 is 5.82. The van der Waals surface area contributed by atoms with E-state index in [9.17, 15) is 9.59 Å². The molecule has 7 heteroatoms. The summed E-state index contributed by atoms with van der Waals surface area (Å²) in [6.45, 7) is 0.341. The maximum atomic E-state index is 12.3. The molecule has 0 saturated heterocycles. The summed E-state index contributed by atoms with van der Waals surface area (Å²) in [5, 5.41) is 6.08. The Labute approximate surface area is 155 Å². The van der Waals surface area contributed by atoms with E-state index >= 15 is 0 Å². The van der Waals surface area contributed by atoms with Gasteiger partial charge in [0.15, 0.2) is 0 Å². The van der Waals surface area contributed by atoms with Crippen molar-refractivity contribution < 1.29 is 9.59 Å². The van der Waals surface area contributed by atoms with Crippen molar-refractivity contribution in [2.45, 2.75) is 6.54 Å². The number of amides is 2. The van der Waals surface area contributed by atoms with Crippen LogP contribution in [0.1, 0.15) is 26.3 Å². The smallest absolute Gasteiger partial charge is 0.257 e. The van der Waals surface area contributed by atoms with Gasteiger partial charge in [-0.15, -0.1) is 0 Å². The molecule has 0 unspecified atom stereocenters. The van der Waals surface area contributed by atoms with Gasteiger partial charge in [0.25, 0.3) is 11.8 Å². The van der Waals surface area contributed by atoms with Crippen LogP contribution in [-0.2, 0) is 6.54 Å². The first kappa shape index (κ1) is 17.6. The Morgan fingerprint density at radius 3 is 2.35 bits per heavy atom. The number of hydrogen-bond donors (Lipinski definition) is 2. The van der Waals surface area contributed by atoms with Crippen LogP contribution in [0.2, 0.25) is 5.02 Å². The Morgan fingerprint density at radius 1 is 0.923 bits per heavy atom. The molecule has 2 aromatic heterocycles. The Bertz CT molecular complexity index is 914. The number of carbonyl (C=O) groups is 2. The van der Waals surface area contributed by atoms with Crippen LogP contribution in [-0.4, -0.2) is 21.8 Å². The van der Waals surface area contributed by atoms with E-state index in [4.69, 9.17) is 11.6 Å². The fourth-order valence-corrected chi connectivity index (χ4v) is 2.34. The average molecular weight is 367 g/mol. The standard InChI is InChI=1S/C19H15ClN4O2/c20-16-3-5-17(6-4-16)24-19(26)15-8-14(11-22-12-15)18(25)23-10-13-2-1-7-21-9-13/h1-9,11-12H,10H2,(H,23,25)(H,24,26). The zero-order valence-corrected chi connectivity index (χ0v) is 14.4. The fraction of sp³-hybridized carbons (Fsp3) is 0.0526. The molecule has 0 spiro atoms. The van der Waals surface area contributed by atoms with Crippen molar-refractivity contribution in [2.24, 2.45) is 0 Å². The summed E-state index contributed by atoms with van der Waals surface area (Å²) in [5.41, 5.74) is 2.07. The van der Waals surface area contributed by atoms with Gasteiger partial charge < -0.3 is 10.6 Å². The highest BCUT2D eigenvalue weighted by Gasteiger charge is 2.11. The van der Waals surface area contributed by atoms with Gasteiger partial charge in [-0.05, 0) is 42.0 Å². The molecular weight excluding hydrogens is 352 g/mol. The number of benzene rings is 1. The van der Waals surface area contributed by atoms with Gasteiger partial charge in [-0.2, -0.15) is 0 Å². The van der Waals surface area contributed by atoms with Crippen LogP contribution in [0.4, 0.5) is 5.69 Å². The molecule has 0 radical (unpaired) electrons. The molecule has 0 saturated carbocycles. The molecule has 0 aliphatic rings. The first-order valence-electron chi connectivity index (χ1n) is 7.81. The minimum atomic E-state index is -0.360. The molecule has 1 aromatic carbocycles. The van der Waals surface area contributed by atoms with Crippen LogP contribution in [0, 0.1) is 0 Å². The Kier molecular flexibility index (Phi) is 5.56. The minimum absolute atomic E-state index is 0.286. The van der Waals surface area contributed by atoms with E-state index < -0.39 is 0 Å². The fourth-order valence-electron chi connectivity index (χ4n) is 2.21. The van der Waals surface area contributed by atoms with Crippen molar-refractivity contribution >= 4 is 29.1 Å². The summed E-state index contributed by atoms with van der Waals surface area (Å²) < 4.78 is 0. The Hall–Kier alpha value is -3.25. The van der Waals surface area contributed by atoms with Gasteiger partial charge in [-0.1, -0.05) is 17.7 Å². The molecular formula is C19H15ClN4O2. The first-order chi connectivity index (χ1) is 12.6.